The first-order chi connectivity index (χ1) is 8.70. The highest BCUT2D eigenvalue weighted by molar-refractivity contribution is 7.50. The Kier molecular flexibility index (Phi) is 4.22. The molecule has 0 saturated carbocycles. The Bertz CT molecular complexity index is 471. The predicted molar refractivity (Wildman–Crippen MR) is 82.7 cm³/mol. The van der Waals surface area contributed by atoms with E-state index in [1.165, 1.54) is 0 Å². The second-order valence-corrected chi connectivity index (χ2v) is 13.3. The molecule has 1 heterocycles. The summed E-state index contributed by atoms with van der Waals surface area (Å²) in [5, 5.41) is 0.995. The molecule has 1 aliphatic heterocycles. The Morgan fingerprint density at radius 3 is 2.63 bits per heavy atom. The molecular formula is C14H20Cl2O2Si. The van der Waals surface area contributed by atoms with Gasteiger partial charge in [-0.05, 0) is 23.7 Å². The van der Waals surface area contributed by atoms with Gasteiger partial charge >= 0.3 is 0 Å². The highest BCUT2D eigenvalue weighted by atomic mass is 35.7. The van der Waals surface area contributed by atoms with E-state index in [1.54, 1.807) is 0 Å². The van der Waals surface area contributed by atoms with Crippen molar-refractivity contribution < 1.29 is 9.47 Å². The van der Waals surface area contributed by atoms with Gasteiger partial charge < -0.3 is 9.47 Å². The zero-order valence-electron chi connectivity index (χ0n) is 11.8. The first-order valence-corrected chi connectivity index (χ1v) is 11.1. The molecule has 2 nitrogen and oxygen atoms in total. The maximum absolute atomic E-state index is 6.25. The molecule has 1 aromatic carbocycles. The molecule has 1 unspecified atom stereocenters. The zero-order chi connectivity index (χ0) is 14.3. The fourth-order valence-corrected chi connectivity index (χ4v) is 3.91. The van der Waals surface area contributed by atoms with Crippen LogP contribution in [0.5, 0.6) is 5.75 Å². The molecule has 0 spiro atoms. The Balaban J connectivity index is 2.24. The van der Waals surface area contributed by atoms with E-state index in [0.717, 1.165) is 22.9 Å². The van der Waals surface area contributed by atoms with Gasteiger partial charge in [0, 0.05) is 18.9 Å². The van der Waals surface area contributed by atoms with Crippen LogP contribution in [0.15, 0.2) is 18.2 Å². The molecule has 5 heteroatoms. The van der Waals surface area contributed by atoms with Crippen molar-refractivity contribution in [3.8, 4) is 5.75 Å². The van der Waals surface area contributed by atoms with E-state index in [0.29, 0.717) is 12.5 Å². The molecule has 1 aromatic rings. The van der Waals surface area contributed by atoms with Crippen LogP contribution in [-0.4, -0.2) is 12.5 Å². The lowest BCUT2D eigenvalue weighted by atomic mass is 10.0. The quantitative estimate of drug-likeness (QED) is 0.616. The lowest BCUT2D eigenvalue weighted by Crippen LogP contribution is -2.41. The van der Waals surface area contributed by atoms with Crippen molar-refractivity contribution >= 4 is 34.0 Å². The van der Waals surface area contributed by atoms with Gasteiger partial charge in [-0.3, -0.25) is 0 Å². The van der Waals surface area contributed by atoms with Crippen LogP contribution in [0.3, 0.4) is 0 Å². The molecule has 1 atom stereocenters. The minimum atomic E-state index is -2.32. The first kappa shape index (κ1) is 15.2. The van der Waals surface area contributed by atoms with Gasteiger partial charge in [-0.2, -0.15) is 0 Å². The van der Waals surface area contributed by atoms with E-state index < -0.39 is 12.5 Å². The van der Waals surface area contributed by atoms with E-state index in [1.807, 2.05) is 31.7 Å². The zero-order valence-corrected chi connectivity index (χ0v) is 14.3. The number of hydrogen-bond donors (Lipinski definition) is 0. The maximum Gasteiger partial charge on any atom is 0.277 e. The van der Waals surface area contributed by atoms with Crippen molar-refractivity contribution in [1.82, 2.24) is 0 Å². The molecule has 0 aromatic heterocycles. The molecule has 0 radical (unpaired) electrons. The summed E-state index contributed by atoms with van der Waals surface area (Å²) < 4.78 is 11.9. The molecule has 0 saturated heterocycles. The van der Waals surface area contributed by atoms with Crippen molar-refractivity contribution in [2.75, 3.05) is 0 Å². The molecule has 0 aliphatic carbocycles. The summed E-state index contributed by atoms with van der Waals surface area (Å²) in [6.07, 6.45) is 0.867. The number of rotatable bonds is 3. The molecule has 0 N–H and O–H groups in total. The predicted octanol–water partition coefficient (Wildman–Crippen LogP) is 4.11. The van der Waals surface area contributed by atoms with E-state index in [4.69, 9.17) is 31.6 Å². The molecule has 106 valence electrons. The summed E-state index contributed by atoms with van der Waals surface area (Å²) >= 11 is 12.5. The molecule has 19 heavy (non-hydrogen) atoms. The van der Waals surface area contributed by atoms with Gasteiger partial charge in [-0.25, -0.2) is 0 Å². The van der Waals surface area contributed by atoms with Gasteiger partial charge in [-0.15, -0.1) is 22.2 Å². The molecule has 0 fully saturated rings. The van der Waals surface area contributed by atoms with Crippen molar-refractivity contribution in [3.63, 3.8) is 0 Å². The van der Waals surface area contributed by atoms with E-state index in [9.17, 15) is 0 Å². The minimum Gasteiger partial charge on any atom is -0.462 e. The van der Waals surface area contributed by atoms with Crippen molar-refractivity contribution in [3.05, 3.63) is 23.8 Å². The lowest BCUT2D eigenvalue weighted by molar-refractivity contribution is -0.202. The summed E-state index contributed by atoms with van der Waals surface area (Å²) in [7, 11) is 0. The van der Waals surface area contributed by atoms with E-state index in [2.05, 4.69) is 13.8 Å². The third-order valence-corrected chi connectivity index (χ3v) is 5.84. The number of halogens is 2. The van der Waals surface area contributed by atoms with Crippen LogP contribution >= 0.6 is 22.2 Å². The lowest BCUT2D eigenvalue weighted by Gasteiger charge is -2.37. The fourth-order valence-electron chi connectivity index (χ4n) is 2.40. The Morgan fingerprint density at radius 1 is 1.37 bits per heavy atom. The third-order valence-electron chi connectivity index (χ3n) is 3.21. The normalized spacial score (nSPS) is 23.1. The van der Waals surface area contributed by atoms with Crippen molar-refractivity contribution in [2.24, 2.45) is 5.92 Å². The van der Waals surface area contributed by atoms with Gasteiger partial charge in [-0.1, -0.05) is 26.0 Å². The van der Waals surface area contributed by atoms with Gasteiger partial charge in [0.05, 0.1) is 6.61 Å². The molecule has 2 rings (SSSR count). The Labute approximate surface area is 125 Å². The molecule has 0 bridgehead atoms. The third kappa shape index (κ3) is 3.66. The summed E-state index contributed by atoms with van der Waals surface area (Å²) in [5.74, 6) is 0.864. The van der Waals surface area contributed by atoms with Crippen LogP contribution < -0.4 is 9.92 Å². The van der Waals surface area contributed by atoms with Crippen molar-refractivity contribution in [2.45, 2.75) is 46.1 Å². The Hall–Kier alpha value is -0.223. The number of hydrogen-bond acceptors (Lipinski definition) is 2. The van der Waals surface area contributed by atoms with Crippen LogP contribution in [-0.2, 0) is 11.3 Å². The summed E-state index contributed by atoms with van der Waals surface area (Å²) in [6.45, 7) is 6.43. The minimum absolute atomic E-state index is 0.521. The van der Waals surface area contributed by atoms with E-state index >= 15 is 0 Å². The smallest absolute Gasteiger partial charge is 0.277 e. The number of benzene rings is 1. The molecule has 0 amide bonds. The Morgan fingerprint density at radius 2 is 2.05 bits per heavy atom. The van der Waals surface area contributed by atoms with Gasteiger partial charge in [0.2, 0.25) is 5.79 Å². The van der Waals surface area contributed by atoms with E-state index in [-0.39, 0.29) is 0 Å². The van der Waals surface area contributed by atoms with Gasteiger partial charge in [0.15, 0.2) is 0 Å². The summed E-state index contributed by atoms with van der Waals surface area (Å²) in [5.41, 5.74) is 1.03. The van der Waals surface area contributed by atoms with Crippen LogP contribution in [0.2, 0.25) is 6.55 Å². The maximum atomic E-state index is 6.25. The second kappa shape index (κ2) is 5.28. The van der Waals surface area contributed by atoms with Gasteiger partial charge in [0.1, 0.15) is 5.75 Å². The average Bonchev–Trinajstić information content (AvgIpc) is 2.25. The standard InChI is InChI=1S/C14H20Cl2O2Si/c1-10(2)8-14(3)17-9-11-7-12(19(4,15)16)5-6-13(11)18-14/h5-7,10H,8-9H2,1-4H3. The highest BCUT2D eigenvalue weighted by Gasteiger charge is 2.34. The second-order valence-electron chi connectivity index (χ2n) is 5.83. The topological polar surface area (TPSA) is 18.5 Å². The average molecular weight is 319 g/mol. The largest absolute Gasteiger partial charge is 0.462 e. The monoisotopic (exact) mass is 318 g/mol. The molecular weight excluding hydrogens is 299 g/mol. The van der Waals surface area contributed by atoms with Gasteiger partial charge in [0.25, 0.3) is 6.69 Å². The highest BCUT2D eigenvalue weighted by Crippen LogP contribution is 2.34. The van der Waals surface area contributed by atoms with Crippen LogP contribution in [0, 0.1) is 5.92 Å². The number of fused-ring (bicyclic) bond motifs is 1. The summed E-state index contributed by atoms with van der Waals surface area (Å²) in [6, 6.07) is 5.93. The summed E-state index contributed by atoms with van der Waals surface area (Å²) in [4.78, 5) is 0. The molecule has 1 aliphatic rings. The number of ether oxygens (including phenoxy) is 2. The fraction of sp³-hybridized carbons (Fsp3) is 0.571. The van der Waals surface area contributed by atoms with Crippen LogP contribution in [0.4, 0.5) is 0 Å². The van der Waals surface area contributed by atoms with Crippen LogP contribution in [0.25, 0.3) is 0 Å². The first-order valence-electron chi connectivity index (χ1n) is 6.54. The van der Waals surface area contributed by atoms with Crippen molar-refractivity contribution in [1.29, 1.82) is 0 Å². The SMILES string of the molecule is CC(C)CC1(C)OCc2cc([Si](C)(Cl)Cl)ccc2O1. The van der Waals surface area contributed by atoms with Crippen LogP contribution in [0.1, 0.15) is 32.8 Å².